The Bertz CT molecular complexity index is 2560. The fourth-order valence-electron chi connectivity index (χ4n) is 8.22. The molecule has 19 N–H and O–H groups in total. The first kappa shape index (κ1) is 60.2. The van der Waals surface area contributed by atoms with Gasteiger partial charge in [0.25, 0.3) is 5.91 Å². The summed E-state index contributed by atoms with van der Waals surface area (Å²) in [6.07, 6.45) is -1.27. The highest BCUT2D eigenvalue weighted by molar-refractivity contribution is 6.02. The summed E-state index contributed by atoms with van der Waals surface area (Å²) >= 11 is 0. The number of nitrogens with two attached hydrogens (primary N) is 3. The molecular weight excluding hydrogens is 992 g/mol. The number of aromatic nitrogens is 1. The Morgan fingerprint density at radius 3 is 2.11 bits per heavy atom. The van der Waals surface area contributed by atoms with Crippen LogP contribution in [0.5, 0.6) is 0 Å². The van der Waals surface area contributed by atoms with Gasteiger partial charge in [0.2, 0.25) is 41.4 Å². The summed E-state index contributed by atoms with van der Waals surface area (Å²) in [6, 6.07) is 2.17. The highest BCUT2D eigenvalue weighted by Gasteiger charge is 2.37. The van der Waals surface area contributed by atoms with Gasteiger partial charge in [0.1, 0.15) is 42.1 Å². The van der Waals surface area contributed by atoms with Gasteiger partial charge in [0.05, 0.1) is 12.6 Å². The third-order valence-electron chi connectivity index (χ3n) is 12.3. The number of β-amino-alcohol motifs (C(OH)–C–C–N with tert-alkyl or cyclic N) is 1. The number of aliphatic hydroxyl groups excluding tert-OH is 1. The number of nitrogens with one attached hydrogen (secondary N) is 12. The smallest absolute Gasteiger partial charge is 0.324 e. The van der Waals surface area contributed by atoms with E-state index in [-0.39, 0.29) is 88.5 Å². The Hall–Kier alpha value is -8.36. The van der Waals surface area contributed by atoms with Gasteiger partial charge in [-0.05, 0) is 74.6 Å². The van der Waals surface area contributed by atoms with Crippen molar-refractivity contribution >= 4 is 76.1 Å². The highest BCUT2D eigenvalue weighted by Crippen LogP contribution is 2.20. The first-order valence-electron chi connectivity index (χ1n) is 25.0. The summed E-state index contributed by atoms with van der Waals surface area (Å²) < 4.78 is 15.4. The van der Waals surface area contributed by atoms with E-state index in [0.717, 1.165) is 18.5 Å². The summed E-state index contributed by atoms with van der Waals surface area (Å²) in [6.45, 7) is 2.10. The van der Waals surface area contributed by atoms with E-state index in [9.17, 15) is 48.3 Å². The van der Waals surface area contributed by atoms with Gasteiger partial charge in [-0.2, -0.15) is 0 Å². The number of primary amides is 1. The number of para-hydroxylation sites is 1. The van der Waals surface area contributed by atoms with E-state index in [1.54, 1.807) is 37.4 Å². The molecule has 1 aliphatic rings. The molecule has 4 rings (SSSR count). The molecule has 76 heavy (non-hydrogen) atoms. The first-order valence-corrected chi connectivity index (χ1v) is 25.0. The Morgan fingerprint density at radius 2 is 1.43 bits per heavy atom. The molecule has 0 bridgehead atoms. The monoisotopic (exact) mass is 1060 g/mol. The predicted octanol–water partition coefficient (Wildman–Crippen LogP) is -2.08. The molecule has 1 saturated heterocycles. The van der Waals surface area contributed by atoms with Crippen LogP contribution in [0.15, 0.2) is 54.7 Å². The van der Waals surface area contributed by atoms with E-state index >= 15 is 4.39 Å². The lowest BCUT2D eigenvalue weighted by atomic mass is 10.0. The maximum atomic E-state index is 15.4. The standard InChI is InChI=1S/C49H71FN16O10/c1-3-30(68)26-66-46(75)37(63-42(71)35(60-27(2)67)16-9-21-57-47(52)53)18-19-40(69)56-20-8-15-34(41(51)70)61-44(73)38(24-29-25-59-33-14-7-5-12-31(29)33)64-43(72)36(17-10-22-58-48(54)55)62-45(74)39(65-49(66)76)23-28-11-4-6-13-32(28)50/h4-7,11-14,25,30,34-39,59,68H,3,8-10,15-24,26H2,1-2H3,(H2,51,70)(H,56,69)(H,60,67)(H,61,73)(H,62,74)(H,63,71)(H,64,72)(H,65,76)(H4,52,53,57)(H4,54,55,58)/t30-,34+,35+,36+,37+,38+,39-/m1/s1. The lowest BCUT2D eigenvalue weighted by Crippen LogP contribution is -2.61. The predicted molar refractivity (Wildman–Crippen MR) is 277 cm³/mol. The van der Waals surface area contributed by atoms with E-state index in [1.165, 1.54) is 18.2 Å². The van der Waals surface area contributed by atoms with Gasteiger partial charge in [0.15, 0.2) is 11.9 Å². The minimum atomic E-state index is -1.78. The number of carbonyl (C=O) groups excluding carboxylic acids is 9. The second kappa shape index (κ2) is 30.1. The summed E-state index contributed by atoms with van der Waals surface area (Å²) in [5, 5.41) is 49.9. The third-order valence-corrected chi connectivity index (χ3v) is 12.3. The van der Waals surface area contributed by atoms with E-state index in [1.807, 2.05) is 0 Å². The number of guanidine groups is 2. The van der Waals surface area contributed by atoms with Crippen LogP contribution in [0.4, 0.5) is 9.18 Å². The second-order valence-corrected chi connectivity index (χ2v) is 18.3. The topological polar surface area (TPSA) is 427 Å². The van der Waals surface area contributed by atoms with Crippen LogP contribution in [-0.2, 0) is 51.2 Å². The number of hydrogen-bond donors (Lipinski definition) is 16. The maximum Gasteiger partial charge on any atom is 0.324 e. The average Bonchev–Trinajstić information content (AvgIpc) is 3.78. The van der Waals surface area contributed by atoms with Crippen LogP contribution in [0.25, 0.3) is 10.9 Å². The number of carbonyl (C=O) groups is 9. The molecule has 10 amide bonds. The number of amides is 10. The molecule has 1 aromatic heterocycles. The molecule has 27 heteroatoms. The lowest BCUT2D eigenvalue weighted by Gasteiger charge is -2.31. The molecule has 0 saturated carbocycles. The SMILES string of the molecule is CC[C@@H](O)CN1C(=O)N[C@H](Cc2ccccc2F)C(=O)N[C@@H](CCCNC(=N)N)C(=O)N[C@@H](Cc2c[nH]c3ccccc23)C(=O)N[C@H](C(N)=O)CCCNC(=O)CC[C@H](NC(=O)[C@H](CCCNC(=N)N)NC(C)=O)C1=O. The molecule has 2 aromatic carbocycles. The highest BCUT2D eigenvalue weighted by atomic mass is 19.1. The summed E-state index contributed by atoms with van der Waals surface area (Å²) in [5.41, 5.74) is 17.9. The van der Waals surface area contributed by atoms with E-state index in [0.29, 0.717) is 15.8 Å². The van der Waals surface area contributed by atoms with Gasteiger partial charge >= 0.3 is 6.03 Å². The zero-order valence-corrected chi connectivity index (χ0v) is 42.5. The number of nitrogens with zero attached hydrogens (tertiary/aromatic N) is 1. The van der Waals surface area contributed by atoms with Gasteiger partial charge in [-0.3, -0.25) is 54.1 Å². The third kappa shape index (κ3) is 19.5. The summed E-state index contributed by atoms with van der Waals surface area (Å²) in [5.74, 6) is -8.59. The first-order chi connectivity index (χ1) is 36.2. The molecule has 3 aromatic rings. The Kier molecular flexibility index (Phi) is 23.9. The zero-order chi connectivity index (χ0) is 55.9. The van der Waals surface area contributed by atoms with Gasteiger partial charge in [-0.15, -0.1) is 0 Å². The van der Waals surface area contributed by atoms with Crippen molar-refractivity contribution in [3.63, 3.8) is 0 Å². The van der Waals surface area contributed by atoms with Crippen molar-refractivity contribution in [1.29, 1.82) is 10.8 Å². The fourth-order valence-corrected chi connectivity index (χ4v) is 8.22. The van der Waals surface area contributed by atoms with Crippen LogP contribution in [0.1, 0.15) is 82.8 Å². The van der Waals surface area contributed by atoms with Crippen molar-refractivity contribution in [2.45, 2.75) is 127 Å². The number of rotatable bonds is 19. The van der Waals surface area contributed by atoms with Crippen molar-refractivity contribution in [2.24, 2.45) is 17.2 Å². The Labute approximate surface area is 438 Å². The van der Waals surface area contributed by atoms with Crippen molar-refractivity contribution in [2.75, 3.05) is 26.2 Å². The number of imide groups is 1. The molecule has 26 nitrogen and oxygen atoms in total. The largest absolute Gasteiger partial charge is 0.391 e. The quantitative estimate of drug-likeness (QED) is 0.0348. The number of urea groups is 1. The number of benzene rings is 2. The van der Waals surface area contributed by atoms with Crippen LogP contribution in [0, 0.1) is 16.6 Å². The van der Waals surface area contributed by atoms with Gasteiger partial charge in [-0.1, -0.05) is 43.3 Å². The van der Waals surface area contributed by atoms with Gasteiger partial charge in [-0.25, -0.2) is 9.18 Å². The van der Waals surface area contributed by atoms with Gasteiger partial charge in [0, 0.05) is 62.9 Å². The molecular formula is C49H71FN16O10. The van der Waals surface area contributed by atoms with E-state index < -0.39 is 127 Å². The molecule has 0 spiro atoms. The summed E-state index contributed by atoms with van der Waals surface area (Å²) in [4.78, 5) is 129. The minimum Gasteiger partial charge on any atom is -0.391 e. The Balaban J connectivity index is 1.82. The fraction of sp³-hybridized carbons (Fsp3) is 0.490. The number of aliphatic hydroxyl groups is 1. The molecule has 7 atom stereocenters. The molecule has 414 valence electrons. The molecule has 0 aliphatic carbocycles. The van der Waals surface area contributed by atoms with E-state index in [4.69, 9.17) is 28.0 Å². The van der Waals surface area contributed by atoms with Crippen LogP contribution in [0.2, 0.25) is 0 Å². The maximum absolute atomic E-state index is 15.4. The number of H-pyrrole nitrogens is 1. The van der Waals surface area contributed by atoms with Gasteiger partial charge < -0.3 is 75.1 Å². The van der Waals surface area contributed by atoms with Crippen LogP contribution in [-0.4, -0.2) is 149 Å². The average molecular weight is 1060 g/mol. The molecule has 0 radical (unpaired) electrons. The molecule has 2 heterocycles. The number of halogens is 1. The van der Waals surface area contributed by atoms with E-state index in [2.05, 4.69) is 52.8 Å². The zero-order valence-electron chi connectivity index (χ0n) is 42.5. The van der Waals surface area contributed by atoms with Crippen LogP contribution < -0.4 is 65.1 Å². The molecule has 1 fully saturated rings. The minimum absolute atomic E-state index is 0.000249. The van der Waals surface area contributed by atoms with Crippen molar-refractivity contribution < 1.29 is 52.6 Å². The molecule has 1 aliphatic heterocycles. The lowest BCUT2D eigenvalue weighted by molar-refractivity contribution is -0.136. The second-order valence-electron chi connectivity index (χ2n) is 18.3. The van der Waals surface area contributed by atoms with Crippen LogP contribution >= 0.6 is 0 Å². The van der Waals surface area contributed by atoms with Crippen molar-refractivity contribution in [3.8, 4) is 0 Å². The number of fused-ring (bicyclic) bond motifs is 1. The number of hydrogen-bond acceptors (Lipinski definition) is 12. The van der Waals surface area contributed by atoms with Crippen molar-refractivity contribution in [1.82, 2.24) is 57.7 Å². The normalized spacial score (nSPS) is 20.4. The molecule has 0 unspecified atom stereocenters. The van der Waals surface area contributed by atoms with Crippen molar-refractivity contribution in [3.05, 3.63) is 71.7 Å². The number of aromatic amines is 1. The summed E-state index contributed by atoms with van der Waals surface area (Å²) in [7, 11) is 0. The Morgan fingerprint density at radius 1 is 0.816 bits per heavy atom. The van der Waals surface area contributed by atoms with Crippen LogP contribution in [0.3, 0.4) is 0 Å².